The Kier molecular flexibility index (Phi) is 6.40. The normalized spacial score (nSPS) is 15.8. The smallest absolute Gasteiger partial charge is 0.269 e. The van der Waals surface area contributed by atoms with Gasteiger partial charge in [0.05, 0.1) is 17.5 Å². The van der Waals surface area contributed by atoms with Gasteiger partial charge in [0.1, 0.15) is 5.82 Å². The maximum Gasteiger partial charge on any atom is 0.269 e. The molecule has 2 heterocycles. The van der Waals surface area contributed by atoms with Crippen LogP contribution in [0.25, 0.3) is 0 Å². The lowest BCUT2D eigenvalue weighted by Crippen LogP contribution is -2.49. The van der Waals surface area contributed by atoms with Crippen molar-refractivity contribution in [3.63, 3.8) is 0 Å². The van der Waals surface area contributed by atoms with Crippen molar-refractivity contribution in [1.29, 1.82) is 0 Å². The number of nitro groups is 1. The summed E-state index contributed by atoms with van der Waals surface area (Å²) in [6, 6.07) is 13.1. The van der Waals surface area contributed by atoms with E-state index in [9.17, 15) is 14.5 Å². The predicted octanol–water partition coefficient (Wildman–Crippen LogP) is 3.29. The molecule has 1 fully saturated rings. The van der Waals surface area contributed by atoms with Crippen molar-refractivity contribution in [3.8, 4) is 0 Å². The molecule has 1 aliphatic rings. The third-order valence-electron chi connectivity index (χ3n) is 5.83. The Bertz CT molecular complexity index is 1040. The molecular weight excluding hydrogens is 413 g/mol. The van der Waals surface area contributed by atoms with E-state index in [0.717, 1.165) is 43.3 Å². The summed E-state index contributed by atoms with van der Waals surface area (Å²) in [6.07, 6.45) is 0. The van der Waals surface area contributed by atoms with Crippen LogP contribution < -0.4 is 4.90 Å². The Morgan fingerprint density at radius 3 is 2.28 bits per heavy atom. The van der Waals surface area contributed by atoms with Gasteiger partial charge in [-0.1, -0.05) is 26.0 Å². The first-order chi connectivity index (χ1) is 15.4. The van der Waals surface area contributed by atoms with E-state index in [-0.39, 0.29) is 22.5 Å². The van der Waals surface area contributed by atoms with Crippen LogP contribution in [0.15, 0.2) is 48.5 Å². The van der Waals surface area contributed by atoms with Gasteiger partial charge < -0.3 is 4.90 Å². The van der Waals surface area contributed by atoms with Gasteiger partial charge >= 0.3 is 0 Å². The summed E-state index contributed by atoms with van der Waals surface area (Å²) in [4.78, 5) is 15.1. The summed E-state index contributed by atoms with van der Waals surface area (Å²) in [5.41, 5.74) is 2.02. The molecule has 168 valence electrons. The first-order valence-corrected chi connectivity index (χ1v) is 10.7. The number of nitrogens with zero attached hydrogens (tertiary/aromatic N) is 7. The highest BCUT2D eigenvalue weighted by molar-refractivity contribution is 5.51. The fraction of sp³-hybridized carbons (Fsp3) is 0.409. The quantitative estimate of drug-likeness (QED) is 0.412. The van der Waals surface area contributed by atoms with Crippen molar-refractivity contribution >= 4 is 11.4 Å². The van der Waals surface area contributed by atoms with Crippen molar-refractivity contribution in [2.45, 2.75) is 26.4 Å². The van der Waals surface area contributed by atoms with Crippen LogP contribution in [0.4, 0.5) is 15.8 Å². The maximum atomic E-state index is 13.2. The highest BCUT2D eigenvalue weighted by Crippen LogP contribution is 2.29. The molecule has 0 amide bonds. The Hall–Kier alpha value is -3.40. The van der Waals surface area contributed by atoms with E-state index in [2.05, 4.69) is 39.2 Å². The highest BCUT2D eigenvalue weighted by Gasteiger charge is 2.31. The van der Waals surface area contributed by atoms with Crippen LogP contribution in [0.1, 0.15) is 31.3 Å². The van der Waals surface area contributed by atoms with E-state index in [1.807, 2.05) is 0 Å². The number of benzene rings is 2. The summed E-state index contributed by atoms with van der Waals surface area (Å²) in [7, 11) is 0. The largest absolute Gasteiger partial charge is 0.369 e. The predicted molar refractivity (Wildman–Crippen MR) is 118 cm³/mol. The molecule has 0 bridgehead atoms. The lowest BCUT2D eigenvalue weighted by molar-refractivity contribution is -0.384. The fourth-order valence-corrected chi connectivity index (χ4v) is 4.23. The second kappa shape index (κ2) is 9.39. The topological polar surface area (TPSA) is 93.2 Å². The standard InChI is InChI=1S/C22H26FN7O2/c1-16(2)21(22-24-25-26-29(22)15-17-3-5-18(23)6-4-17)28-13-11-27(12-14-28)19-7-9-20(10-8-19)30(31)32/h3-10,16,21H,11-15H2,1-2H3. The first kappa shape index (κ1) is 21.8. The zero-order valence-corrected chi connectivity index (χ0v) is 18.1. The number of piperazine rings is 1. The number of halogens is 1. The molecule has 1 saturated heterocycles. The van der Waals surface area contributed by atoms with Crippen molar-refractivity contribution in [1.82, 2.24) is 25.1 Å². The van der Waals surface area contributed by atoms with Crippen molar-refractivity contribution in [3.05, 3.63) is 75.9 Å². The molecular formula is C22H26FN7O2. The number of non-ortho nitro benzene ring substituents is 1. The number of rotatable bonds is 7. The molecule has 0 radical (unpaired) electrons. The van der Waals surface area contributed by atoms with E-state index >= 15 is 0 Å². The van der Waals surface area contributed by atoms with Gasteiger partial charge in [-0.05, 0) is 46.2 Å². The average molecular weight is 439 g/mol. The van der Waals surface area contributed by atoms with Gasteiger partial charge in [0.25, 0.3) is 5.69 Å². The third kappa shape index (κ3) is 4.75. The second-order valence-corrected chi connectivity index (χ2v) is 8.31. The molecule has 2 aromatic carbocycles. The molecule has 32 heavy (non-hydrogen) atoms. The zero-order chi connectivity index (χ0) is 22.7. The van der Waals surface area contributed by atoms with Crippen LogP contribution in [0.2, 0.25) is 0 Å². The van der Waals surface area contributed by atoms with Crippen LogP contribution in [0.5, 0.6) is 0 Å². The molecule has 9 nitrogen and oxygen atoms in total. The third-order valence-corrected chi connectivity index (χ3v) is 5.83. The minimum Gasteiger partial charge on any atom is -0.369 e. The number of hydrogen-bond donors (Lipinski definition) is 0. The van der Waals surface area contributed by atoms with Gasteiger partial charge in [0.15, 0.2) is 5.82 Å². The van der Waals surface area contributed by atoms with Crippen molar-refractivity contribution in [2.75, 3.05) is 31.1 Å². The monoisotopic (exact) mass is 439 g/mol. The summed E-state index contributed by atoms with van der Waals surface area (Å²) in [5, 5.41) is 23.3. The summed E-state index contributed by atoms with van der Waals surface area (Å²) in [5.74, 6) is 0.823. The summed E-state index contributed by atoms with van der Waals surface area (Å²) < 4.78 is 15.0. The number of anilines is 1. The van der Waals surface area contributed by atoms with Crippen LogP contribution in [-0.4, -0.2) is 56.2 Å². The zero-order valence-electron chi connectivity index (χ0n) is 18.1. The Morgan fingerprint density at radius 1 is 1.03 bits per heavy atom. The van der Waals surface area contributed by atoms with E-state index in [4.69, 9.17) is 0 Å². The molecule has 0 saturated carbocycles. The summed E-state index contributed by atoms with van der Waals surface area (Å²) in [6.45, 7) is 8.05. The average Bonchev–Trinajstić information content (AvgIpc) is 3.23. The van der Waals surface area contributed by atoms with Gasteiger partial charge in [-0.3, -0.25) is 15.0 Å². The molecule has 10 heteroatoms. The van der Waals surface area contributed by atoms with Crippen LogP contribution in [0.3, 0.4) is 0 Å². The fourth-order valence-electron chi connectivity index (χ4n) is 4.23. The lowest BCUT2D eigenvalue weighted by Gasteiger charge is -2.41. The number of tetrazole rings is 1. The van der Waals surface area contributed by atoms with Crippen molar-refractivity contribution in [2.24, 2.45) is 5.92 Å². The molecule has 0 spiro atoms. The molecule has 0 aliphatic carbocycles. The Labute approximate surface area is 185 Å². The first-order valence-electron chi connectivity index (χ1n) is 10.7. The van der Waals surface area contributed by atoms with Gasteiger partial charge in [-0.15, -0.1) is 5.10 Å². The van der Waals surface area contributed by atoms with E-state index < -0.39 is 0 Å². The van der Waals surface area contributed by atoms with Gasteiger partial charge in [0.2, 0.25) is 0 Å². The second-order valence-electron chi connectivity index (χ2n) is 8.31. The summed E-state index contributed by atoms with van der Waals surface area (Å²) >= 11 is 0. The van der Waals surface area contributed by atoms with Crippen molar-refractivity contribution < 1.29 is 9.31 Å². The molecule has 3 aromatic rings. The Balaban J connectivity index is 1.46. The van der Waals surface area contributed by atoms with Crippen LogP contribution in [0, 0.1) is 21.8 Å². The van der Waals surface area contributed by atoms with E-state index in [1.54, 1.807) is 41.1 Å². The number of hydrogen-bond acceptors (Lipinski definition) is 7. The molecule has 1 aliphatic heterocycles. The molecule has 1 aromatic heterocycles. The molecule has 4 rings (SSSR count). The molecule has 1 unspecified atom stereocenters. The molecule has 0 N–H and O–H groups in total. The van der Waals surface area contributed by atoms with E-state index in [1.165, 1.54) is 12.1 Å². The van der Waals surface area contributed by atoms with Gasteiger partial charge in [-0.25, -0.2) is 9.07 Å². The maximum absolute atomic E-state index is 13.2. The van der Waals surface area contributed by atoms with Gasteiger partial charge in [0, 0.05) is 44.0 Å². The molecule has 1 atom stereocenters. The highest BCUT2D eigenvalue weighted by atomic mass is 19.1. The number of aromatic nitrogens is 4. The van der Waals surface area contributed by atoms with E-state index in [0.29, 0.717) is 12.5 Å². The van der Waals surface area contributed by atoms with Crippen LogP contribution >= 0.6 is 0 Å². The lowest BCUT2D eigenvalue weighted by atomic mass is 10.0. The number of nitro benzene ring substituents is 1. The Morgan fingerprint density at radius 2 is 1.69 bits per heavy atom. The minimum atomic E-state index is -0.384. The minimum absolute atomic E-state index is 0.0458. The SMILES string of the molecule is CC(C)C(c1nnnn1Cc1ccc(F)cc1)N1CCN(c2ccc([N+](=O)[O-])cc2)CC1. The van der Waals surface area contributed by atoms with Gasteiger partial charge in [-0.2, -0.15) is 0 Å². The van der Waals surface area contributed by atoms with Crippen LogP contribution in [-0.2, 0) is 6.54 Å².